The average Bonchev–Trinajstić information content (AvgIpc) is 2.88. The molecule has 1 aromatic carbocycles. The quantitative estimate of drug-likeness (QED) is 0.836. The number of nitrogen functional groups attached to an aromatic ring is 1. The number of rotatable bonds is 5. The third-order valence-corrected chi connectivity index (χ3v) is 5.69. The number of benzene rings is 1. The molecule has 1 aliphatic heterocycles. The van der Waals surface area contributed by atoms with Gasteiger partial charge in [-0.25, -0.2) is 8.42 Å². The highest BCUT2D eigenvalue weighted by Gasteiger charge is 2.33. The van der Waals surface area contributed by atoms with E-state index in [0.717, 1.165) is 12.0 Å². The van der Waals surface area contributed by atoms with Crippen LogP contribution in [0.1, 0.15) is 18.9 Å². The number of hydrogen-bond donors (Lipinski definition) is 1. The Bertz CT molecular complexity index is 572. The van der Waals surface area contributed by atoms with Gasteiger partial charge in [-0.15, -0.1) is 0 Å². The Balaban J connectivity index is 2.29. The van der Waals surface area contributed by atoms with Crippen LogP contribution in [0, 0.1) is 5.92 Å². The van der Waals surface area contributed by atoms with Crippen LogP contribution < -0.4 is 5.73 Å². The first-order valence-corrected chi connectivity index (χ1v) is 8.30. The molecule has 1 unspecified atom stereocenters. The fourth-order valence-corrected chi connectivity index (χ4v) is 4.49. The summed E-state index contributed by atoms with van der Waals surface area (Å²) in [7, 11) is -1.81. The Kier molecular flexibility index (Phi) is 4.67. The van der Waals surface area contributed by atoms with Gasteiger partial charge in [0.25, 0.3) is 0 Å². The number of ether oxygens (including phenoxy) is 1. The lowest BCUT2D eigenvalue weighted by Gasteiger charge is -2.19. The van der Waals surface area contributed by atoms with Crippen molar-refractivity contribution >= 4 is 15.7 Å². The van der Waals surface area contributed by atoms with Crippen molar-refractivity contribution in [3.05, 3.63) is 23.8 Å². The van der Waals surface area contributed by atoms with Crippen LogP contribution in [0.25, 0.3) is 0 Å². The van der Waals surface area contributed by atoms with Crippen LogP contribution in [-0.4, -0.2) is 39.5 Å². The summed E-state index contributed by atoms with van der Waals surface area (Å²) in [6, 6.07) is 5.11. The van der Waals surface area contributed by atoms with Gasteiger partial charge in [0.2, 0.25) is 10.0 Å². The first-order valence-electron chi connectivity index (χ1n) is 6.86. The van der Waals surface area contributed by atoms with Crippen molar-refractivity contribution in [3.8, 4) is 0 Å². The summed E-state index contributed by atoms with van der Waals surface area (Å²) in [5.41, 5.74) is 7.04. The molecule has 2 N–H and O–H groups in total. The monoisotopic (exact) mass is 298 g/mol. The number of nitrogens with two attached hydrogens (primary N) is 1. The van der Waals surface area contributed by atoms with Gasteiger partial charge in [0.05, 0.1) is 11.5 Å². The molecule has 1 aromatic rings. The Morgan fingerprint density at radius 1 is 1.45 bits per heavy atom. The molecule has 0 aromatic heterocycles. The van der Waals surface area contributed by atoms with Gasteiger partial charge in [-0.2, -0.15) is 4.31 Å². The number of methoxy groups -OCH3 is 1. The second kappa shape index (κ2) is 6.11. The van der Waals surface area contributed by atoms with Gasteiger partial charge in [-0.1, -0.05) is 13.0 Å². The highest BCUT2D eigenvalue weighted by Crippen LogP contribution is 2.28. The molecule has 20 heavy (non-hydrogen) atoms. The lowest BCUT2D eigenvalue weighted by Crippen LogP contribution is -2.30. The van der Waals surface area contributed by atoms with E-state index in [9.17, 15) is 8.42 Å². The first kappa shape index (κ1) is 15.3. The molecule has 5 nitrogen and oxygen atoms in total. The summed E-state index contributed by atoms with van der Waals surface area (Å²) in [5.74, 6) is 0.279. The molecule has 0 spiro atoms. The number of sulfonamides is 1. The van der Waals surface area contributed by atoms with Crippen LogP contribution in [0.5, 0.6) is 0 Å². The summed E-state index contributed by atoms with van der Waals surface area (Å²) >= 11 is 0. The Morgan fingerprint density at radius 3 is 2.85 bits per heavy atom. The minimum atomic E-state index is -3.46. The van der Waals surface area contributed by atoms with E-state index in [4.69, 9.17) is 10.5 Å². The molecule has 0 aliphatic carbocycles. The Labute approximate surface area is 120 Å². The van der Waals surface area contributed by atoms with Gasteiger partial charge in [0, 0.05) is 25.9 Å². The zero-order valence-corrected chi connectivity index (χ0v) is 12.8. The summed E-state index contributed by atoms with van der Waals surface area (Å²) < 4.78 is 32.2. The van der Waals surface area contributed by atoms with Gasteiger partial charge in [-0.05, 0) is 36.5 Å². The van der Waals surface area contributed by atoms with Crippen LogP contribution >= 0.6 is 0 Å². The summed E-state index contributed by atoms with van der Waals surface area (Å²) in [6.45, 7) is 3.62. The fourth-order valence-electron chi connectivity index (χ4n) is 2.63. The van der Waals surface area contributed by atoms with E-state index in [2.05, 4.69) is 0 Å². The zero-order valence-electron chi connectivity index (χ0n) is 12.0. The minimum Gasteiger partial charge on any atom is -0.399 e. The van der Waals surface area contributed by atoms with Gasteiger partial charge < -0.3 is 10.5 Å². The normalized spacial score (nSPS) is 20.4. The van der Waals surface area contributed by atoms with Crippen molar-refractivity contribution in [1.82, 2.24) is 4.31 Å². The molecule has 1 saturated heterocycles. The van der Waals surface area contributed by atoms with Crippen LogP contribution in [0.4, 0.5) is 5.69 Å². The van der Waals surface area contributed by atoms with Crippen LogP contribution in [0.15, 0.2) is 23.1 Å². The maximum Gasteiger partial charge on any atom is 0.243 e. The van der Waals surface area contributed by atoms with Crippen LogP contribution in [0.3, 0.4) is 0 Å². The molecular weight excluding hydrogens is 276 g/mol. The smallest absolute Gasteiger partial charge is 0.243 e. The molecule has 1 aliphatic rings. The Hall–Kier alpha value is -1.11. The number of nitrogens with zero attached hydrogens (tertiary/aromatic N) is 1. The third-order valence-electron chi connectivity index (χ3n) is 3.74. The second-order valence-corrected chi connectivity index (χ2v) is 7.10. The molecule has 112 valence electrons. The van der Waals surface area contributed by atoms with E-state index in [0.29, 0.717) is 36.7 Å². The van der Waals surface area contributed by atoms with Gasteiger partial charge in [0.1, 0.15) is 0 Å². The highest BCUT2D eigenvalue weighted by molar-refractivity contribution is 7.89. The maximum absolute atomic E-state index is 12.7. The van der Waals surface area contributed by atoms with Crippen molar-refractivity contribution < 1.29 is 13.2 Å². The van der Waals surface area contributed by atoms with E-state index in [-0.39, 0.29) is 5.92 Å². The molecule has 1 heterocycles. The topological polar surface area (TPSA) is 72.6 Å². The lowest BCUT2D eigenvalue weighted by molar-refractivity contribution is 0.157. The van der Waals surface area contributed by atoms with Crippen molar-refractivity contribution in [2.75, 3.05) is 32.5 Å². The van der Waals surface area contributed by atoms with Gasteiger partial charge >= 0.3 is 0 Å². The van der Waals surface area contributed by atoms with E-state index in [1.54, 1.807) is 29.6 Å². The number of aryl methyl sites for hydroxylation is 1. The van der Waals surface area contributed by atoms with Gasteiger partial charge in [-0.3, -0.25) is 0 Å². The summed E-state index contributed by atoms with van der Waals surface area (Å²) in [5, 5.41) is 0. The first-order chi connectivity index (χ1) is 9.48. The number of anilines is 1. The van der Waals surface area contributed by atoms with E-state index < -0.39 is 10.0 Å². The van der Waals surface area contributed by atoms with Crippen molar-refractivity contribution in [2.45, 2.75) is 24.7 Å². The molecule has 0 amide bonds. The molecule has 0 radical (unpaired) electrons. The summed E-state index contributed by atoms with van der Waals surface area (Å²) in [4.78, 5) is 0.345. The van der Waals surface area contributed by atoms with Crippen LogP contribution in [0.2, 0.25) is 0 Å². The molecule has 0 saturated carbocycles. The highest BCUT2D eigenvalue weighted by atomic mass is 32.2. The second-order valence-electron chi connectivity index (χ2n) is 5.19. The standard InChI is InChI=1S/C14H22N2O3S/c1-3-12-4-5-13(15)8-14(12)20(17,18)16-7-6-11(9-16)10-19-2/h4-5,8,11H,3,6-7,9-10,15H2,1-2H3. The predicted molar refractivity (Wildman–Crippen MR) is 79.0 cm³/mol. The largest absolute Gasteiger partial charge is 0.399 e. The van der Waals surface area contributed by atoms with Crippen molar-refractivity contribution in [3.63, 3.8) is 0 Å². The minimum absolute atomic E-state index is 0.279. The lowest BCUT2D eigenvalue weighted by atomic mass is 10.1. The molecule has 0 bridgehead atoms. The summed E-state index contributed by atoms with van der Waals surface area (Å²) in [6.07, 6.45) is 1.51. The fraction of sp³-hybridized carbons (Fsp3) is 0.571. The zero-order chi connectivity index (χ0) is 14.8. The molecule has 6 heteroatoms. The predicted octanol–water partition coefficient (Wildman–Crippen LogP) is 1.49. The Morgan fingerprint density at radius 2 is 2.20 bits per heavy atom. The average molecular weight is 298 g/mol. The third kappa shape index (κ3) is 2.97. The van der Waals surface area contributed by atoms with E-state index in [1.807, 2.05) is 6.92 Å². The van der Waals surface area contributed by atoms with E-state index in [1.165, 1.54) is 0 Å². The van der Waals surface area contributed by atoms with Crippen LogP contribution in [-0.2, 0) is 21.2 Å². The molecule has 2 rings (SSSR count). The SMILES string of the molecule is CCc1ccc(N)cc1S(=O)(=O)N1CCC(COC)C1. The van der Waals surface area contributed by atoms with Crippen molar-refractivity contribution in [2.24, 2.45) is 5.92 Å². The van der Waals surface area contributed by atoms with Gasteiger partial charge in [0.15, 0.2) is 0 Å². The molecular formula is C14H22N2O3S. The molecule has 1 atom stereocenters. The maximum atomic E-state index is 12.7. The van der Waals surface area contributed by atoms with Crippen molar-refractivity contribution in [1.29, 1.82) is 0 Å². The number of hydrogen-bond acceptors (Lipinski definition) is 4. The molecule has 1 fully saturated rings. The van der Waals surface area contributed by atoms with E-state index >= 15 is 0 Å².